The van der Waals surface area contributed by atoms with Crippen LogP contribution in [0.2, 0.25) is 0 Å². The molecule has 0 bridgehead atoms. The van der Waals surface area contributed by atoms with Gasteiger partial charge in [-0.1, -0.05) is 18.2 Å². The first kappa shape index (κ1) is 13.2. The van der Waals surface area contributed by atoms with Crippen molar-refractivity contribution in [2.75, 3.05) is 24.3 Å². The topological polar surface area (TPSA) is 61.0 Å². The number of aromatic nitrogens is 2. The fourth-order valence-electron chi connectivity index (χ4n) is 2.19. The van der Waals surface area contributed by atoms with E-state index < -0.39 is 0 Å². The number of benzene rings is 2. The van der Waals surface area contributed by atoms with E-state index in [4.69, 9.17) is 0 Å². The highest BCUT2D eigenvalue weighted by atomic mass is 16.1. The normalized spacial score (nSPS) is 10.6. The van der Waals surface area contributed by atoms with Gasteiger partial charge in [-0.15, -0.1) is 0 Å². The van der Waals surface area contributed by atoms with Crippen molar-refractivity contribution in [3.05, 3.63) is 54.2 Å². The molecule has 5 nitrogen and oxygen atoms in total. The summed E-state index contributed by atoms with van der Waals surface area (Å²) in [7, 11) is 3.89. The largest absolute Gasteiger partial charge is 0.378 e. The van der Waals surface area contributed by atoms with Crippen molar-refractivity contribution < 1.29 is 4.79 Å². The Morgan fingerprint density at radius 2 is 2.00 bits per heavy atom. The number of carbonyl (C=O) groups is 1. The van der Waals surface area contributed by atoms with Gasteiger partial charge in [0, 0.05) is 30.7 Å². The average molecular weight is 280 g/mol. The molecule has 0 aliphatic rings. The van der Waals surface area contributed by atoms with Gasteiger partial charge >= 0.3 is 0 Å². The van der Waals surface area contributed by atoms with Crippen LogP contribution >= 0.6 is 0 Å². The first-order valence-electron chi connectivity index (χ1n) is 6.66. The lowest BCUT2D eigenvalue weighted by atomic mass is 10.1. The van der Waals surface area contributed by atoms with Gasteiger partial charge in [0.25, 0.3) is 5.91 Å². The van der Waals surface area contributed by atoms with E-state index in [2.05, 4.69) is 15.5 Å². The maximum atomic E-state index is 12.4. The number of amides is 1. The number of fused-ring (bicyclic) bond motifs is 1. The van der Waals surface area contributed by atoms with Crippen LogP contribution in [0.25, 0.3) is 10.9 Å². The lowest BCUT2D eigenvalue weighted by molar-refractivity contribution is 0.102. The van der Waals surface area contributed by atoms with Crippen LogP contribution in [0.15, 0.2) is 48.7 Å². The van der Waals surface area contributed by atoms with E-state index in [1.807, 2.05) is 55.4 Å². The second-order valence-electron chi connectivity index (χ2n) is 5.04. The van der Waals surface area contributed by atoms with Crippen molar-refractivity contribution in [1.29, 1.82) is 0 Å². The molecule has 2 N–H and O–H groups in total. The summed E-state index contributed by atoms with van der Waals surface area (Å²) in [6.07, 6.45) is 1.73. The number of H-pyrrole nitrogens is 1. The molecule has 0 spiro atoms. The molecule has 0 radical (unpaired) electrons. The number of carbonyl (C=O) groups excluding carboxylic acids is 1. The monoisotopic (exact) mass is 280 g/mol. The van der Waals surface area contributed by atoms with E-state index >= 15 is 0 Å². The van der Waals surface area contributed by atoms with Crippen molar-refractivity contribution in [2.45, 2.75) is 0 Å². The standard InChI is InChI=1S/C16H16N4O/c1-20(2)13-7-3-5-11(9-13)16(21)18-14-8-4-6-12-10-17-19-15(12)14/h3-10H,1-2H3,(H,17,19)(H,18,21). The highest BCUT2D eigenvalue weighted by molar-refractivity contribution is 6.08. The van der Waals surface area contributed by atoms with Crippen LogP contribution in [0.4, 0.5) is 11.4 Å². The van der Waals surface area contributed by atoms with Gasteiger partial charge in [-0.2, -0.15) is 5.10 Å². The Bertz CT molecular complexity index is 792. The molecule has 3 rings (SSSR count). The minimum Gasteiger partial charge on any atom is -0.378 e. The SMILES string of the molecule is CN(C)c1cccc(C(=O)Nc2cccc3cn[nH]c23)c1. The number of rotatable bonds is 3. The van der Waals surface area contributed by atoms with Crippen LogP contribution in [-0.4, -0.2) is 30.2 Å². The third kappa shape index (κ3) is 2.58. The van der Waals surface area contributed by atoms with Crippen LogP contribution in [0.5, 0.6) is 0 Å². The molecule has 0 unspecified atom stereocenters. The van der Waals surface area contributed by atoms with E-state index in [9.17, 15) is 4.79 Å². The molecule has 5 heteroatoms. The molecule has 1 amide bonds. The van der Waals surface area contributed by atoms with Crippen LogP contribution < -0.4 is 10.2 Å². The molecule has 1 aromatic heterocycles. The molecule has 0 aliphatic heterocycles. The van der Waals surface area contributed by atoms with Crippen molar-refractivity contribution in [2.24, 2.45) is 0 Å². The minimum absolute atomic E-state index is 0.138. The zero-order valence-electron chi connectivity index (χ0n) is 11.9. The molecular weight excluding hydrogens is 264 g/mol. The second-order valence-corrected chi connectivity index (χ2v) is 5.04. The quantitative estimate of drug-likeness (QED) is 0.775. The predicted molar refractivity (Wildman–Crippen MR) is 84.8 cm³/mol. The van der Waals surface area contributed by atoms with Gasteiger partial charge in [-0.25, -0.2) is 0 Å². The van der Waals surface area contributed by atoms with Gasteiger partial charge in [0.2, 0.25) is 0 Å². The average Bonchev–Trinajstić information content (AvgIpc) is 2.97. The van der Waals surface area contributed by atoms with Crippen LogP contribution in [0.3, 0.4) is 0 Å². The Hall–Kier alpha value is -2.82. The van der Waals surface area contributed by atoms with Gasteiger partial charge < -0.3 is 10.2 Å². The maximum absolute atomic E-state index is 12.4. The summed E-state index contributed by atoms with van der Waals surface area (Å²) in [6, 6.07) is 13.2. The van der Waals surface area contributed by atoms with E-state index in [0.717, 1.165) is 22.3 Å². The third-order valence-corrected chi connectivity index (χ3v) is 3.35. The maximum Gasteiger partial charge on any atom is 0.255 e. The summed E-state index contributed by atoms with van der Waals surface area (Å²) < 4.78 is 0. The smallest absolute Gasteiger partial charge is 0.255 e. The molecule has 0 fully saturated rings. The Morgan fingerprint density at radius 1 is 1.19 bits per heavy atom. The first-order chi connectivity index (χ1) is 10.1. The number of hydrogen-bond acceptors (Lipinski definition) is 3. The van der Waals surface area contributed by atoms with Crippen LogP contribution in [0, 0.1) is 0 Å². The van der Waals surface area contributed by atoms with E-state index in [0.29, 0.717) is 5.56 Å². The van der Waals surface area contributed by atoms with Gasteiger partial charge in [-0.05, 0) is 24.3 Å². The molecule has 0 atom stereocenters. The molecule has 0 saturated heterocycles. The Balaban J connectivity index is 1.89. The van der Waals surface area contributed by atoms with Crippen molar-refractivity contribution >= 4 is 28.2 Å². The van der Waals surface area contributed by atoms with Crippen molar-refractivity contribution in [3.8, 4) is 0 Å². The Kier molecular flexibility index (Phi) is 3.31. The number of aromatic amines is 1. The number of para-hydroxylation sites is 1. The summed E-state index contributed by atoms with van der Waals surface area (Å²) >= 11 is 0. The predicted octanol–water partition coefficient (Wildman–Crippen LogP) is 2.88. The van der Waals surface area contributed by atoms with Gasteiger partial charge in [0.15, 0.2) is 0 Å². The number of nitrogens with zero attached hydrogens (tertiary/aromatic N) is 2. The lowest BCUT2D eigenvalue weighted by Gasteiger charge is -2.13. The highest BCUT2D eigenvalue weighted by Crippen LogP contribution is 2.21. The Morgan fingerprint density at radius 3 is 2.81 bits per heavy atom. The number of anilines is 2. The zero-order chi connectivity index (χ0) is 14.8. The van der Waals surface area contributed by atoms with E-state index in [1.54, 1.807) is 12.3 Å². The third-order valence-electron chi connectivity index (χ3n) is 3.35. The van der Waals surface area contributed by atoms with Crippen LogP contribution in [-0.2, 0) is 0 Å². The molecule has 1 heterocycles. The molecule has 3 aromatic rings. The second kappa shape index (κ2) is 5.28. The summed E-state index contributed by atoms with van der Waals surface area (Å²) in [5.74, 6) is -0.138. The number of nitrogens with one attached hydrogen (secondary N) is 2. The van der Waals surface area contributed by atoms with Gasteiger partial charge in [0.1, 0.15) is 0 Å². The summed E-state index contributed by atoms with van der Waals surface area (Å²) in [4.78, 5) is 14.4. The first-order valence-corrected chi connectivity index (χ1v) is 6.66. The Labute approximate surface area is 122 Å². The fraction of sp³-hybridized carbons (Fsp3) is 0.125. The van der Waals surface area contributed by atoms with Gasteiger partial charge in [-0.3, -0.25) is 9.89 Å². The zero-order valence-corrected chi connectivity index (χ0v) is 11.9. The number of hydrogen-bond donors (Lipinski definition) is 2. The molecule has 0 aliphatic carbocycles. The fourth-order valence-corrected chi connectivity index (χ4v) is 2.19. The highest BCUT2D eigenvalue weighted by Gasteiger charge is 2.10. The summed E-state index contributed by atoms with van der Waals surface area (Å²) in [5, 5.41) is 10.8. The van der Waals surface area contributed by atoms with E-state index in [1.165, 1.54) is 0 Å². The van der Waals surface area contributed by atoms with Crippen molar-refractivity contribution in [3.63, 3.8) is 0 Å². The van der Waals surface area contributed by atoms with Gasteiger partial charge in [0.05, 0.1) is 17.4 Å². The molecule has 21 heavy (non-hydrogen) atoms. The lowest BCUT2D eigenvalue weighted by Crippen LogP contribution is -2.14. The molecular formula is C16H16N4O. The minimum atomic E-state index is -0.138. The van der Waals surface area contributed by atoms with Crippen molar-refractivity contribution in [1.82, 2.24) is 10.2 Å². The molecule has 106 valence electrons. The van der Waals surface area contributed by atoms with Crippen LogP contribution in [0.1, 0.15) is 10.4 Å². The van der Waals surface area contributed by atoms with E-state index in [-0.39, 0.29) is 5.91 Å². The molecule has 2 aromatic carbocycles. The summed E-state index contributed by atoms with van der Waals surface area (Å²) in [6.45, 7) is 0. The molecule has 0 saturated carbocycles. The summed E-state index contributed by atoms with van der Waals surface area (Å²) in [5.41, 5.74) is 3.17.